The fourth-order valence-corrected chi connectivity index (χ4v) is 4.60. The van der Waals surface area contributed by atoms with Crippen molar-refractivity contribution in [1.82, 2.24) is 20.6 Å². The van der Waals surface area contributed by atoms with Gasteiger partial charge in [0.1, 0.15) is 23.6 Å². The number of hydrogen-bond donors (Lipinski definition) is 2. The van der Waals surface area contributed by atoms with Gasteiger partial charge in [-0.15, -0.1) is 0 Å². The Labute approximate surface area is 253 Å². The van der Waals surface area contributed by atoms with Crippen molar-refractivity contribution in [2.75, 3.05) is 25.0 Å². The summed E-state index contributed by atoms with van der Waals surface area (Å²) < 4.78 is 6.06. The Morgan fingerprint density at radius 2 is 1.83 bits per heavy atom. The molecular formula is C31H29Cl2N5O4. The summed E-state index contributed by atoms with van der Waals surface area (Å²) in [5, 5.41) is 6.82. The fourth-order valence-electron chi connectivity index (χ4n) is 4.00. The molecule has 9 nitrogen and oxygen atoms in total. The number of nitrogens with zero attached hydrogens (tertiary/aromatic N) is 3. The summed E-state index contributed by atoms with van der Waals surface area (Å²) in [6.45, 7) is 4.02. The van der Waals surface area contributed by atoms with Crippen molar-refractivity contribution in [2.24, 2.45) is 0 Å². The normalized spacial score (nSPS) is 11.0. The first kappa shape index (κ1) is 30.5. The highest BCUT2D eigenvalue weighted by Crippen LogP contribution is 2.35. The van der Waals surface area contributed by atoms with Gasteiger partial charge in [-0.05, 0) is 55.8 Å². The van der Waals surface area contributed by atoms with E-state index < -0.39 is 11.8 Å². The second-order valence-electron chi connectivity index (χ2n) is 9.27. The zero-order chi connectivity index (χ0) is 30.2. The van der Waals surface area contributed by atoms with Gasteiger partial charge in [0.05, 0.1) is 17.3 Å². The summed E-state index contributed by atoms with van der Waals surface area (Å²) in [7, 11) is 1.56. The molecule has 2 aromatic heterocycles. The van der Waals surface area contributed by atoms with Crippen molar-refractivity contribution in [3.05, 3.63) is 99.4 Å². The van der Waals surface area contributed by atoms with E-state index >= 15 is 0 Å². The quantitative estimate of drug-likeness (QED) is 0.235. The van der Waals surface area contributed by atoms with Gasteiger partial charge < -0.3 is 20.3 Å². The minimum absolute atomic E-state index is 0.0584. The number of nitrogens with one attached hydrogen (secondary N) is 2. The van der Waals surface area contributed by atoms with Crippen LogP contribution in [0.4, 0.5) is 5.69 Å². The maximum atomic E-state index is 12.9. The predicted octanol–water partition coefficient (Wildman–Crippen LogP) is 5.37. The van der Waals surface area contributed by atoms with Crippen LogP contribution in [0.15, 0.2) is 66.9 Å². The number of carbonyl (C=O) groups is 3. The standard InChI is InChI=1S/C31H29Cl2N5O4/c1-4-34-31(41)24-13-9-20(16-35-24)10-15-27(39)36-17-28(40)38(3)25-14-12-23(32)22(29(25)33)18-42-26-7-5-6-21-11-8-19(2)37-30(21)26/h5-16H,4,17-18H2,1-3H3,(H,34,41)(H,36,39)/b15-10+. The molecule has 0 radical (unpaired) electrons. The Balaban J connectivity index is 1.37. The molecular weight excluding hydrogens is 577 g/mol. The lowest BCUT2D eigenvalue weighted by Gasteiger charge is -2.21. The number of halogens is 2. The molecule has 0 bridgehead atoms. The number of anilines is 1. The number of pyridine rings is 2. The SMILES string of the molecule is CCNC(=O)c1ccc(/C=C/C(=O)NCC(=O)N(C)c2ccc(Cl)c(COc3cccc4ccc(C)nc34)c2Cl)cn1. The number of aromatic nitrogens is 2. The molecule has 0 fully saturated rings. The molecule has 216 valence electrons. The van der Waals surface area contributed by atoms with E-state index in [4.69, 9.17) is 27.9 Å². The third kappa shape index (κ3) is 7.43. The van der Waals surface area contributed by atoms with Crippen molar-refractivity contribution in [3.8, 4) is 5.75 Å². The number of para-hydroxylation sites is 1. The fraction of sp³-hybridized carbons (Fsp3) is 0.194. The van der Waals surface area contributed by atoms with Gasteiger partial charge in [-0.25, -0.2) is 4.98 Å². The van der Waals surface area contributed by atoms with Crippen LogP contribution >= 0.6 is 23.2 Å². The average Bonchev–Trinajstić information content (AvgIpc) is 2.99. The molecule has 0 aliphatic rings. The molecule has 42 heavy (non-hydrogen) atoms. The maximum Gasteiger partial charge on any atom is 0.269 e. The Morgan fingerprint density at radius 1 is 1.02 bits per heavy atom. The van der Waals surface area contributed by atoms with Gasteiger partial charge in [0, 0.05) is 47.5 Å². The van der Waals surface area contributed by atoms with Crippen LogP contribution in [0.3, 0.4) is 0 Å². The molecule has 0 spiro atoms. The maximum absolute atomic E-state index is 12.9. The highest BCUT2D eigenvalue weighted by molar-refractivity contribution is 6.38. The van der Waals surface area contributed by atoms with E-state index in [9.17, 15) is 14.4 Å². The number of carbonyl (C=O) groups excluding carboxylic acids is 3. The molecule has 0 unspecified atom stereocenters. The Bertz CT molecular complexity index is 1660. The largest absolute Gasteiger partial charge is 0.487 e. The van der Waals surface area contributed by atoms with Crippen molar-refractivity contribution >= 4 is 63.6 Å². The summed E-state index contributed by atoms with van der Waals surface area (Å²) in [5.41, 5.74) is 3.43. The molecule has 0 saturated carbocycles. The van der Waals surface area contributed by atoms with E-state index in [1.54, 1.807) is 31.3 Å². The first-order chi connectivity index (χ1) is 20.2. The monoisotopic (exact) mass is 605 g/mol. The number of hydrogen-bond acceptors (Lipinski definition) is 6. The van der Waals surface area contributed by atoms with Crippen LogP contribution < -0.4 is 20.3 Å². The summed E-state index contributed by atoms with van der Waals surface area (Å²) in [4.78, 5) is 47.0. The zero-order valence-corrected chi connectivity index (χ0v) is 24.8. The molecule has 0 aliphatic heterocycles. The van der Waals surface area contributed by atoms with Gasteiger partial charge in [0.2, 0.25) is 11.8 Å². The third-order valence-corrected chi connectivity index (χ3v) is 7.07. The van der Waals surface area contributed by atoms with Gasteiger partial charge in [-0.1, -0.05) is 47.5 Å². The van der Waals surface area contributed by atoms with E-state index in [0.29, 0.717) is 34.1 Å². The van der Waals surface area contributed by atoms with Crippen molar-refractivity contribution < 1.29 is 19.1 Å². The van der Waals surface area contributed by atoms with E-state index in [2.05, 4.69) is 20.6 Å². The first-order valence-electron chi connectivity index (χ1n) is 13.1. The van der Waals surface area contributed by atoms with Crippen LogP contribution in [0.2, 0.25) is 10.0 Å². The minimum Gasteiger partial charge on any atom is -0.487 e. The van der Waals surface area contributed by atoms with Gasteiger partial charge in [0.25, 0.3) is 5.91 Å². The van der Waals surface area contributed by atoms with Crippen LogP contribution in [0, 0.1) is 6.92 Å². The number of ether oxygens (including phenoxy) is 1. The number of fused-ring (bicyclic) bond motifs is 1. The van der Waals surface area contributed by atoms with E-state index in [-0.39, 0.29) is 29.8 Å². The summed E-state index contributed by atoms with van der Waals surface area (Å²) in [6, 6.07) is 16.1. The lowest BCUT2D eigenvalue weighted by molar-refractivity contribution is -0.122. The van der Waals surface area contributed by atoms with E-state index in [1.807, 2.05) is 44.2 Å². The highest BCUT2D eigenvalue weighted by Gasteiger charge is 2.19. The minimum atomic E-state index is -0.472. The van der Waals surface area contributed by atoms with Crippen LogP contribution in [0.5, 0.6) is 5.75 Å². The Morgan fingerprint density at radius 3 is 2.57 bits per heavy atom. The summed E-state index contributed by atoms with van der Waals surface area (Å²) in [5.74, 6) is -0.553. The summed E-state index contributed by atoms with van der Waals surface area (Å²) in [6.07, 6.45) is 4.30. The van der Waals surface area contributed by atoms with Crippen LogP contribution in [-0.2, 0) is 16.2 Å². The van der Waals surface area contributed by atoms with Gasteiger partial charge >= 0.3 is 0 Å². The average molecular weight is 607 g/mol. The molecule has 2 N–H and O–H groups in total. The van der Waals surface area contributed by atoms with Crippen molar-refractivity contribution in [2.45, 2.75) is 20.5 Å². The van der Waals surface area contributed by atoms with Crippen LogP contribution in [0.25, 0.3) is 17.0 Å². The Hall–Kier alpha value is -4.47. The van der Waals surface area contributed by atoms with Crippen molar-refractivity contribution in [3.63, 3.8) is 0 Å². The van der Waals surface area contributed by atoms with Gasteiger partial charge in [-0.2, -0.15) is 0 Å². The number of rotatable bonds is 10. The predicted molar refractivity (Wildman–Crippen MR) is 165 cm³/mol. The molecule has 4 rings (SSSR count). The molecule has 0 atom stereocenters. The molecule has 2 heterocycles. The van der Waals surface area contributed by atoms with Crippen LogP contribution in [0.1, 0.15) is 34.2 Å². The summed E-state index contributed by atoms with van der Waals surface area (Å²) >= 11 is 13.1. The van der Waals surface area contributed by atoms with Crippen LogP contribution in [-0.4, -0.2) is 47.8 Å². The highest BCUT2D eigenvalue weighted by atomic mass is 35.5. The number of aryl methyl sites for hydroxylation is 1. The molecule has 0 saturated heterocycles. The number of amides is 3. The van der Waals surface area contributed by atoms with Gasteiger partial charge in [0.15, 0.2) is 0 Å². The number of benzene rings is 2. The van der Waals surface area contributed by atoms with Gasteiger partial charge in [-0.3, -0.25) is 19.4 Å². The Kier molecular flexibility index (Phi) is 10.1. The molecule has 2 aromatic carbocycles. The van der Waals surface area contributed by atoms with Crippen molar-refractivity contribution in [1.29, 1.82) is 0 Å². The lowest BCUT2D eigenvalue weighted by Crippen LogP contribution is -2.37. The topological polar surface area (TPSA) is 114 Å². The van der Waals surface area contributed by atoms with E-state index in [0.717, 1.165) is 16.6 Å². The molecule has 3 amide bonds. The van der Waals surface area contributed by atoms with E-state index in [1.165, 1.54) is 23.2 Å². The molecule has 11 heteroatoms. The second-order valence-corrected chi connectivity index (χ2v) is 10.1. The first-order valence-corrected chi connectivity index (χ1v) is 13.9. The zero-order valence-electron chi connectivity index (χ0n) is 23.3. The third-order valence-electron chi connectivity index (χ3n) is 6.29. The smallest absolute Gasteiger partial charge is 0.269 e. The molecule has 4 aromatic rings. The second kappa shape index (κ2) is 13.9. The number of likely N-dealkylation sites (N-methyl/N-ethyl adjacent to an activating group) is 1. The lowest BCUT2D eigenvalue weighted by atomic mass is 10.1. The molecule has 0 aliphatic carbocycles.